The molecule has 0 aromatic carbocycles. The van der Waals surface area contributed by atoms with Crippen molar-refractivity contribution in [2.45, 2.75) is 46.1 Å². The van der Waals surface area contributed by atoms with Crippen LogP contribution in [-0.4, -0.2) is 23.1 Å². The van der Waals surface area contributed by atoms with Crippen molar-refractivity contribution in [2.24, 2.45) is 5.41 Å². The fourth-order valence-corrected chi connectivity index (χ4v) is 0.878. The SMILES string of the molecule is CC(OC(=O)CCCC(=O)O)C(C)(C)C#N. The molecule has 0 saturated carbocycles. The number of esters is 1. The predicted molar refractivity (Wildman–Crippen MR) is 56.4 cm³/mol. The number of aliphatic carboxylic acids is 1. The Bertz CT molecular complexity index is 304. The van der Waals surface area contributed by atoms with Crippen LogP contribution in [0.5, 0.6) is 0 Å². The average Bonchev–Trinajstić information content (AvgIpc) is 2.16. The Kier molecular flexibility index (Phi) is 5.51. The molecule has 0 saturated heterocycles. The third-order valence-electron chi connectivity index (χ3n) is 2.38. The first-order valence-electron chi connectivity index (χ1n) is 5.12. The minimum atomic E-state index is -0.932. The van der Waals surface area contributed by atoms with Crippen LogP contribution < -0.4 is 0 Å². The molecule has 0 bridgehead atoms. The largest absolute Gasteiger partial charge is 0.481 e. The summed E-state index contributed by atoms with van der Waals surface area (Å²) in [4.78, 5) is 21.5. The summed E-state index contributed by atoms with van der Waals surface area (Å²) >= 11 is 0. The van der Waals surface area contributed by atoms with Crippen molar-refractivity contribution in [3.05, 3.63) is 0 Å². The first-order valence-corrected chi connectivity index (χ1v) is 5.12. The molecule has 0 aromatic rings. The van der Waals surface area contributed by atoms with Crippen LogP contribution in [-0.2, 0) is 14.3 Å². The second-order valence-corrected chi connectivity index (χ2v) is 4.21. The summed E-state index contributed by atoms with van der Waals surface area (Å²) < 4.78 is 5.03. The lowest BCUT2D eigenvalue weighted by atomic mass is 9.89. The van der Waals surface area contributed by atoms with Crippen LogP contribution in [0.1, 0.15) is 40.0 Å². The second-order valence-electron chi connectivity index (χ2n) is 4.21. The molecule has 1 N–H and O–H groups in total. The molecular weight excluding hydrogens is 210 g/mol. The summed E-state index contributed by atoms with van der Waals surface area (Å²) in [5, 5.41) is 17.2. The quantitative estimate of drug-likeness (QED) is 0.698. The van der Waals surface area contributed by atoms with Crippen molar-refractivity contribution in [1.82, 2.24) is 0 Å². The average molecular weight is 227 g/mol. The van der Waals surface area contributed by atoms with E-state index in [1.165, 1.54) is 0 Å². The van der Waals surface area contributed by atoms with E-state index in [-0.39, 0.29) is 19.3 Å². The van der Waals surface area contributed by atoms with Gasteiger partial charge in [-0.05, 0) is 27.2 Å². The first kappa shape index (κ1) is 14.4. The molecule has 5 nitrogen and oxygen atoms in total. The molecule has 0 rings (SSSR count). The maximum absolute atomic E-state index is 11.3. The Morgan fingerprint density at radius 3 is 2.44 bits per heavy atom. The highest BCUT2D eigenvalue weighted by molar-refractivity contribution is 5.71. The summed E-state index contributed by atoms with van der Waals surface area (Å²) in [7, 11) is 0. The minimum Gasteiger partial charge on any atom is -0.481 e. The van der Waals surface area contributed by atoms with Gasteiger partial charge in [0.05, 0.1) is 11.5 Å². The number of hydrogen-bond acceptors (Lipinski definition) is 4. The van der Waals surface area contributed by atoms with Crippen LogP contribution >= 0.6 is 0 Å². The fourth-order valence-electron chi connectivity index (χ4n) is 0.878. The number of carboxylic acid groups (broad SMARTS) is 1. The summed E-state index contributed by atoms with van der Waals surface area (Å²) in [6.45, 7) is 5.02. The summed E-state index contributed by atoms with van der Waals surface area (Å²) in [5.74, 6) is -1.39. The lowest BCUT2D eigenvalue weighted by Gasteiger charge is -2.24. The van der Waals surface area contributed by atoms with Gasteiger partial charge in [0.1, 0.15) is 6.10 Å². The fraction of sp³-hybridized carbons (Fsp3) is 0.727. The number of carboxylic acids is 1. The standard InChI is InChI=1S/C11H17NO4/c1-8(11(2,3)7-12)16-10(15)6-4-5-9(13)14/h8H,4-6H2,1-3H3,(H,13,14). The van der Waals surface area contributed by atoms with Crippen LogP contribution in [0.3, 0.4) is 0 Å². The summed E-state index contributed by atoms with van der Waals surface area (Å²) in [6.07, 6.45) is -0.230. The zero-order valence-electron chi connectivity index (χ0n) is 9.82. The summed E-state index contributed by atoms with van der Waals surface area (Å²) in [5.41, 5.74) is -0.734. The van der Waals surface area contributed by atoms with Gasteiger partial charge in [-0.15, -0.1) is 0 Å². The summed E-state index contributed by atoms with van der Waals surface area (Å²) in [6, 6.07) is 2.05. The normalized spacial score (nSPS) is 12.6. The topological polar surface area (TPSA) is 87.4 Å². The molecule has 0 spiro atoms. The van der Waals surface area contributed by atoms with Gasteiger partial charge in [0.15, 0.2) is 0 Å². The molecule has 0 fully saturated rings. The smallest absolute Gasteiger partial charge is 0.306 e. The van der Waals surface area contributed by atoms with E-state index < -0.39 is 23.5 Å². The highest BCUT2D eigenvalue weighted by Crippen LogP contribution is 2.22. The number of nitrogens with zero attached hydrogens (tertiary/aromatic N) is 1. The number of carbonyl (C=O) groups is 2. The van der Waals surface area contributed by atoms with Crippen molar-refractivity contribution >= 4 is 11.9 Å². The number of hydrogen-bond donors (Lipinski definition) is 1. The maximum Gasteiger partial charge on any atom is 0.306 e. The molecule has 0 aliphatic heterocycles. The Hall–Kier alpha value is -1.57. The van der Waals surface area contributed by atoms with Crippen molar-refractivity contribution in [3.8, 4) is 6.07 Å². The van der Waals surface area contributed by atoms with Gasteiger partial charge in [0.25, 0.3) is 0 Å². The van der Waals surface area contributed by atoms with Crippen LogP contribution in [0.25, 0.3) is 0 Å². The lowest BCUT2D eigenvalue weighted by Crippen LogP contribution is -2.30. The molecule has 5 heteroatoms. The zero-order chi connectivity index (χ0) is 12.8. The second kappa shape index (κ2) is 6.11. The third-order valence-corrected chi connectivity index (χ3v) is 2.38. The van der Waals surface area contributed by atoms with Gasteiger partial charge in [-0.3, -0.25) is 9.59 Å². The molecule has 0 aliphatic carbocycles. The van der Waals surface area contributed by atoms with Crippen LogP contribution in [0.4, 0.5) is 0 Å². The van der Waals surface area contributed by atoms with Gasteiger partial charge >= 0.3 is 11.9 Å². The van der Waals surface area contributed by atoms with Crippen LogP contribution in [0.2, 0.25) is 0 Å². The van der Waals surface area contributed by atoms with Gasteiger partial charge in [-0.1, -0.05) is 0 Å². The highest BCUT2D eigenvalue weighted by atomic mass is 16.5. The van der Waals surface area contributed by atoms with E-state index in [9.17, 15) is 9.59 Å². The molecular formula is C11H17NO4. The number of nitriles is 1. The predicted octanol–water partition coefficient (Wildman–Crippen LogP) is 1.72. The molecule has 0 radical (unpaired) electrons. The van der Waals surface area contributed by atoms with Gasteiger partial charge in [-0.25, -0.2) is 0 Å². The van der Waals surface area contributed by atoms with E-state index in [0.717, 1.165) is 0 Å². The Labute approximate surface area is 95.0 Å². The van der Waals surface area contributed by atoms with Crippen molar-refractivity contribution in [2.75, 3.05) is 0 Å². The molecule has 1 unspecified atom stereocenters. The Morgan fingerprint density at radius 1 is 1.44 bits per heavy atom. The molecule has 0 heterocycles. The van der Waals surface area contributed by atoms with E-state index in [4.69, 9.17) is 15.1 Å². The van der Waals surface area contributed by atoms with Crippen LogP contribution in [0, 0.1) is 16.7 Å². The molecule has 90 valence electrons. The molecule has 0 aliphatic rings. The van der Waals surface area contributed by atoms with E-state index in [0.29, 0.717) is 0 Å². The van der Waals surface area contributed by atoms with E-state index in [2.05, 4.69) is 0 Å². The molecule has 0 aromatic heterocycles. The van der Waals surface area contributed by atoms with Gasteiger partial charge in [-0.2, -0.15) is 5.26 Å². The first-order chi connectivity index (χ1) is 7.29. The number of rotatable bonds is 6. The molecule has 0 amide bonds. The third kappa shape index (κ3) is 5.35. The Balaban J connectivity index is 3.98. The van der Waals surface area contributed by atoms with Crippen molar-refractivity contribution in [3.63, 3.8) is 0 Å². The van der Waals surface area contributed by atoms with Gasteiger partial charge in [0, 0.05) is 12.8 Å². The maximum atomic E-state index is 11.3. The molecule has 16 heavy (non-hydrogen) atoms. The van der Waals surface area contributed by atoms with Gasteiger partial charge < -0.3 is 9.84 Å². The van der Waals surface area contributed by atoms with Crippen molar-refractivity contribution in [1.29, 1.82) is 5.26 Å². The number of ether oxygens (including phenoxy) is 1. The zero-order valence-corrected chi connectivity index (χ0v) is 9.82. The van der Waals surface area contributed by atoms with E-state index in [1.54, 1.807) is 20.8 Å². The highest BCUT2D eigenvalue weighted by Gasteiger charge is 2.28. The lowest BCUT2D eigenvalue weighted by molar-refractivity contribution is -0.152. The number of carbonyl (C=O) groups excluding carboxylic acids is 1. The monoisotopic (exact) mass is 227 g/mol. The van der Waals surface area contributed by atoms with E-state index in [1.807, 2.05) is 6.07 Å². The Morgan fingerprint density at radius 2 is 2.00 bits per heavy atom. The minimum absolute atomic E-state index is 0.0505. The van der Waals surface area contributed by atoms with Crippen LogP contribution in [0.15, 0.2) is 0 Å². The van der Waals surface area contributed by atoms with Crippen molar-refractivity contribution < 1.29 is 19.4 Å². The van der Waals surface area contributed by atoms with Gasteiger partial charge in [0.2, 0.25) is 0 Å². The van der Waals surface area contributed by atoms with E-state index >= 15 is 0 Å². The molecule has 1 atom stereocenters.